The summed E-state index contributed by atoms with van der Waals surface area (Å²) in [7, 11) is 6.83. The second kappa shape index (κ2) is 6.39. The Hall–Kier alpha value is -0.370. The van der Waals surface area contributed by atoms with Crippen molar-refractivity contribution >= 4 is 5.78 Å². The van der Waals surface area contributed by atoms with Gasteiger partial charge in [0, 0.05) is 17.8 Å². The number of hydrogen-bond donors (Lipinski definition) is 0. The highest BCUT2D eigenvalue weighted by Crippen LogP contribution is 2.35. The second-order valence-electron chi connectivity index (χ2n) is 7.93. The van der Waals surface area contributed by atoms with Crippen molar-refractivity contribution in [1.82, 2.24) is 0 Å². The van der Waals surface area contributed by atoms with Crippen LogP contribution in [0.15, 0.2) is 0 Å². The minimum Gasteiger partial charge on any atom is -0.331 e. The minimum atomic E-state index is 0.409. The average molecular weight is 266 g/mol. The first kappa shape index (κ1) is 15.0. The van der Waals surface area contributed by atoms with Crippen molar-refractivity contribution in [2.45, 2.75) is 57.8 Å². The van der Waals surface area contributed by atoms with E-state index in [1.807, 2.05) is 0 Å². The van der Waals surface area contributed by atoms with Crippen molar-refractivity contribution < 1.29 is 9.28 Å². The predicted molar refractivity (Wildman–Crippen MR) is 79.9 cm³/mol. The van der Waals surface area contributed by atoms with Gasteiger partial charge in [0.1, 0.15) is 5.78 Å². The van der Waals surface area contributed by atoms with Crippen molar-refractivity contribution in [3.05, 3.63) is 0 Å². The van der Waals surface area contributed by atoms with Crippen LogP contribution in [-0.4, -0.2) is 38.0 Å². The monoisotopic (exact) mass is 266 g/mol. The normalized spacial score (nSPS) is 30.3. The van der Waals surface area contributed by atoms with Gasteiger partial charge in [-0.1, -0.05) is 19.3 Å². The third-order valence-corrected chi connectivity index (χ3v) is 5.06. The summed E-state index contributed by atoms with van der Waals surface area (Å²) in [4.78, 5) is 12.5. The topological polar surface area (TPSA) is 17.1 Å². The van der Waals surface area contributed by atoms with Gasteiger partial charge < -0.3 is 4.48 Å². The van der Waals surface area contributed by atoms with Gasteiger partial charge in [-0.05, 0) is 38.5 Å². The van der Waals surface area contributed by atoms with Crippen LogP contribution in [0.4, 0.5) is 0 Å². The average Bonchev–Trinajstić information content (AvgIpc) is 2.38. The zero-order valence-electron chi connectivity index (χ0n) is 13.2. The minimum absolute atomic E-state index is 0.409. The van der Waals surface area contributed by atoms with E-state index in [-0.39, 0.29) is 0 Å². The highest BCUT2D eigenvalue weighted by Gasteiger charge is 2.32. The third-order valence-electron chi connectivity index (χ3n) is 5.06. The van der Waals surface area contributed by atoms with Gasteiger partial charge in [0.15, 0.2) is 0 Å². The number of rotatable bonds is 4. The van der Waals surface area contributed by atoms with Gasteiger partial charge in [-0.25, -0.2) is 0 Å². The molecular weight excluding hydrogens is 234 g/mol. The summed E-state index contributed by atoms with van der Waals surface area (Å²) in [6.07, 6.45) is 11.2. The number of carbonyl (C=O) groups is 1. The van der Waals surface area contributed by atoms with Gasteiger partial charge >= 0.3 is 0 Å². The summed E-state index contributed by atoms with van der Waals surface area (Å²) in [5, 5.41) is 0. The summed E-state index contributed by atoms with van der Waals surface area (Å²) in [6.45, 7) is 1.27. The van der Waals surface area contributed by atoms with E-state index in [2.05, 4.69) is 21.1 Å². The first-order valence-corrected chi connectivity index (χ1v) is 8.30. The Bertz CT molecular complexity index is 291. The standard InChI is InChI=1S/C17H32NO/c1-18(2,3)13-14-9-11-16(12-10-14)17(19)15-7-5-4-6-8-15/h14-16H,4-13H2,1-3H3/q+1. The summed E-state index contributed by atoms with van der Waals surface area (Å²) >= 11 is 0. The molecule has 2 fully saturated rings. The lowest BCUT2D eigenvalue weighted by Crippen LogP contribution is -2.41. The van der Waals surface area contributed by atoms with Gasteiger partial charge in [0.2, 0.25) is 0 Å². The maximum Gasteiger partial charge on any atom is 0.139 e. The van der Waals surface area contributed by atoms with Crippen LogP contribution >= 0.6 is 0 Å². The van der Waals surface area contributed by atoms with Crippen molar-refractivity contribution in [3.8, 4) is 0 Å². The molecule has 2 saturated carbocycles. The van der Waals surface area contributed by atoms with Crippen LogP contribution in [0, 0.1) is 17.8 Å². The molecule has 2 nitrogen and oxygen atoms in total. The Morgan fingerprint density at radius 2 is 1.37 bits per heavy atom. The molecule has 2 aliphatic rings. The maximum absolute atomic E-state index is 12.5. The first-order chi connectivity index (χ1) is 8.96. The fraction of sp³-hybridized carbons (Fsp3) is 0.941. The van der Waals surface area contributed by atoms with Crippen molar-refractivity contribution in [3.63, 3.8) is 0 Å². The fourth-order valence-electron chi connectivity index (χ4n) is 4.12. The molecule has 2 rings (SSSR count). The molecule has 0 aromatic heterocycles. The molecule has 19 heavy (non-hydrogen) atoms. The Labute approximate surface area is 119 Å². The van der Waals surface area contributed by atoms with Gasteiger partial charge in [-0.2, -0.15) is 0 Å². The molecule has 0 aromatic carbocycles. The van der Waals surface area contributed by atoms with Crippen LogP contribution in [0.25, 0.3) is 0 Å². The molecule has 0 unspecified atom stereocenters. The van der Waals surface area contributed by atoms with Gasteiger partial charge in [0.05, 0.1) is 27.7 Å². The molecule has 2 heteroatoms. The Morgan fingerprint density at radius 3 is 1.89 bits per heavy atom. The lowest BCUT2D eigenvalue weighted by Gasteiger charge is -2.34. The lowest BCUT2D eigenvalue weighted by atomic mass is 9.74. The van der Waals surface area contributed by atoms with Crippen LogP contribution in [0.3, 0.4) is 0 Å². The molecule has 0 radical (unpaired) electrons. The molecule has 0 atom stereocenters. The molecule has 0 N–H and O–H groups in total. The SMILES string of the molecule is C[N+](C)(C)CC1CCC(C(=O)C2CCCCC2)CC1. The summed E-state index contributed by atoms with van der Waals surface area (Å²) in [5.41, 5.74) is 0. The molecule has 110 valence electrons. The van der Waals surface area contributed by atoms with Crippen LogP contribution in [0.2, 0.25) is 0 Å². The van der Waals surface area contributed by atoms with Gasteiger partial charge in [-0.3, -0.25) is 4.79 Å². The quantitative estimate of drug-likeness (QED) is 0.710. The highest BCUT2D eigenvalue weighted by molar-refractivity contribution is 5.83. The van der Waals surface area contributed by atoms with E-state index in [1.165, 1.54) is 64.3 Å². The molecule has 0 spiro atoms. The van der Waals surface area contributed by atoms with E-state index >= 15 is 0 Å². The number of quaternary nitrogens is 1. The molecule has 0 bridgehead atoms. The number of carbonyl (C=O) groups excluding carboxylic acids is 1. The molecule has 2 aliphatic carbocycles. The Balaban J connectivity index is 1.77. The molecule has 0 heterocycles. The van der Waals surface area contributed by atoms with Crippen molar-refractivity contribution in [1.29, 1.82) is 0 Å². The van der Waals surface area contributed by atoms with E-state index in [1.54, 1.807) is 0 Å². The van der Waals surface area contributed by atoms with Crippen LogP contribution in [0.1, 0.15) is 57.8 Å². The summed E-state index contributed by atoms with van der Waals surface area (Å²) in [6, 6.07) is 0. The Kier molecular flexibility index (Phi) is 5.05. The Morgan fingerprint density at radius 1 is 0.842 bits per heavy atom. The molecule has 0 aliphatic heterocycles. The zero-order valence-corrected chi connectivity index (χ0v) is 13.2. The number of hydrogen-bond acceptors (Lipinski definition) is 1. The van der Waals surface area contributed by atoms with Crippen LogP contribution in [-0.2, 0) is 4.79 Å². The highest BCUT2D eigenvalue weighted by atomic mass is 16.1. The third kappa shape index (κ3) is 4.59. The van der Waals surface area contributed by atoms with E-state index < -0.39 is 0 Å². The van der Waals surface area contributed by atoms with E-state index in [0.717, 1.165) is 10.4 Å². The van der Waals surface area contributed by atoms with Crippen LogP contribution in [0.5, 0.6) is 0 Å². The smallest absolute Gasteiger partial charge is 0.139 e. The predicted octanol–water partition coefficient (Wildman–Crippen LogP) is 3.65. The van der Waals surface area contributed by atoms with Gasteiger partial charge in [-0.15, -0.1) is 0 Å². The summed E-state index contributed by atoms with van der Waals surface area (Å²) in [5.74, 6) is 2.30. The number of nitrogens with zero attached hydrogens (tertiary/aromatic N) is 1. The maximum atomic E-state index is 12.5. The van der Waals surface area contributed by atoms with Gasteiger partial charge in [0.25, 0.3) is 0 Å². The number of Topliss-reactive ketones (excluding diaryl/α,β-unsaturated/α-hetero) is 1. The molecular formula is C17H32NO+. The van der Waals surface area contributed by atoms with Crippen LogP contribution < -0.4 is 0 Å². The second-order valence-corrected chi connectivity index (χ2v) is 7.93. The molecule has 0 saturated heterocycles. The van der Waals surface area contributed by atoms with E-state index in [9.17, 15) is 4.79 Å². The van der Waals surface area contributed by atoms with E-state index in [0.29, 0.717) is 17.6 Å². The largest absolute Gasteiger partial charge is 0.331 e. The summed E-state index contributed by atoms with van der Waals surface area (Å²) < 4.78 is 1.06. The zero-order chi connectivity index (χ0) is 13.9. The first-order valence-electron chi connectivity index (χ1n) is 8.30. The lowest BCUT2D eigenvalue weighted by molar-refractivity contribution is -0.874. The van der Waals surface area contributed by atoms with Crippen molar-refractivity contribution in [2.24, 2.45) is 17.8 Å². The molecule has 0 aromatic rings. The number of ketones is 1. The van der Waals surface area contributed by atoms with Crippen molar-refractivity contribution in [2.75, 3.05) is 27.7 Å². The fourth-order valence-corrected chi connectivity index (χ4v) is 4.12. The molecule has 0 amide bonds. The van der Waals surface area contributed by atoms with E-state index in [4.69, 9.17) is 0 Å².